The Balaban J connectivity index is 1.32. The first kappa shape index (κ1) is 25.1. The second-order valence-electron chi connectivity index (χ2n) is 8.69. The highest BCUT2D eigenvalue weighted by Crippen LogP contribution is 2.44. The average Bonchev–Trinajstić information content (AvgIpc) is 3.46. The van der Waals surface area contributed by atoms with E-state index in [4.69, 9.17) is 9.47 Å². The summed E-state index contributed by atoms with van der Waals surface area (Å²) in [4.78, 5) is 38.0. The fraction of sp³-hybridized carbons (Fsp3) is 0.423. The molecule has 35 heavy (non-hydrogen) atoms. The van der Waals surface area contributed by atoms with E-state index in [-0.39, 0.29) is 37.4 Å². The summed E-state index contributed by atoms with van der Waals surface area (Å²) in [6, 6.07) is 16.3. The zero-order valence-corrected chi connectivity index (χ0v) is 20.5. The summed E-state index contributed by atoms with van der Waals surface area (Å²) in [6.07, 6.45) is 1.18. The maximum atomic E-state index is 13.0. The van der Waals surface area contributed by atoms with Crippen LogP contribution in [0.5, 0.6) is 0 Å². The van der Waals surface area contributed by atoms with Gasteiger partial charge >= 0.3 is 12.1 Å². The Morgan fingerprint density at radius 1 is 1.11 bits per heavy atom. The van der Waals surface area contributed by atoms with Crippen molar-refractivity contribution in [2.24, 2.45) is 5.92 Å². The van der Waals surface area contributed by atoms with E-state index < -0.39 is 18.2 Å². The summed E-state index contributed by atoms with van der Waals surface area (Å²) in [6.45, 7) is 0.780. The summed E-state index contributed by atoms with van der Waals surface area (Å²) < 4.78 is 11.2. The third kappa shape index (κ3) is 5.79. The van der Waals surface area contributed by atoms with E-state index in [1.165, 1.54) is 16.7 Å². The molecule has 0 radical (unpaired) electrons. The maximum Gasteiger partial charge on any atom is 0.407 e. The van der Waals surface area contributed by atoms with Crippen molar-refractivity contribution in [2.75, 3.05) is 44.9 Å². The molecule has 1 heterocycles. The van der Waals surface area contributed by atoms with Crippen molar-refractivity contribution in [1.82, 2.24) is 10.2 Å². The molecule has 1 aliphatic heterocycles. The molecule has 2 amide bonds. The van der Waals surface area contributed by atoms with Crippen LogP contribution in [0.25, 0.3) is 11.1 Å². The minimum atomic E-state index is -1.06. The third-order valence-corrected chi connectivity index (χ3v) is 7.10. The van der Waals surface area contributed by atoms with Crippen molar-refractivity contribution in [3.05, 3.63) is 59.7 Å². The van der Waals surface area contributed by atoms with Crippen molar-refractivity contribution in [2.45, 2.75) is 18.4 Å². The number of alkyl carbamates (subject to hydrolysis) is 1. The van der Waals surface area contributed by atoms with E-state index in [0.29, 0.717) is 25.3 Å². The molecule has 0 saturated carbocycles. The fourth-order valence-corrected chi connectivity index (χ4v) is 5.19. The molecule has 2 N–H and O–H groups in total. The van der Waals surface area contributed by atoms with Crippen LogP contribution in [0.2, 0.25) is 0 Å². The van der Waals surface area contributed by atoms with Crippen LogP contribution in [0.15, 0.2) is 48.5 Å². The molecule has 2 aromatic rings. The van der Waals surface area contributed by atoms with Crippen molar-refractivity contribution in [3.63, 3.8) is 0 Å². The quantitative estimate of drug-likeness (QED) is 0.518. The first-order valence-corrected chi connectivity index (χ1v) is 13.1. The van der Waals surface area contributed by atoms with Gasteiger partial charge in [0, 0.05) is 37.3 Å². The molecule has 2 aromatic carbocycles. The van der Waals surface area contributed by atoms with Gasteiger partial charge in [0.05, 0.1) is 0 Å². The summed E-state index contributed by atoms with van der Waals surface area (Å²) in [7, 11) is 0. The normalized spacial score (nSPS) is 18.5. The van der Waals surface area contributed by atoms with Crippen molar-refractivity contribution >= 4 is 29.7 Å². The van der Waals surface area contributed by atoms with E-state index in [0.717, 1.165) is 22.3 Å². The number of carboxylic acids is 1. The van der Waals surface area contributed by atoms with Gasteiger partial charge in [0.1, 0.15) is 19.3 Å². The first-order chi connectivity index (χ1) is 17.0. The Labute approximate surface area is 209 Å². The second kappa shape index (κ2) is 11.6. The number of rotatable bonds is 10. The lowest BCUT2D eigenvalue weighted by molar-refractivity contribution is -0.149. The maximum absolute atomic E-state index is 13.0. The molecule has 186 valence electrons. The minimum absolute atomic E-state index is 0.0293. The molecular formula is C26H30N2O6S. The number of hydrogen-bond donors (Lipinski definition) is 2. The van der Waals surface area contributed by atoms with Gasteiger partial charge in [-0.1, -0.05) is 48.5 Å². The Hall–Kier alpha value is -3.04. The first-order valence-electron chi connectivity index (χ1n) is 11.7. The van der Waals surface area contributed by atoms with Gasteiger partial charge in [0.15, 0.2) is 0 Å². The van der Waals surface area contributed by atoms with Gasteiger partial charge in [-0.25, -0.2) is 4.79 Å². The van der Waals surface area contributed by atoms with E-state index in [1.54, 1.807) is 0 Å². The van der Waals surface area contributed by atoms with Crippen LogP contribution in [0, 0.1) is 5.92 Å². The molecule has 9 heteroatoms. The van der Waals surface area contributed by atoms with Gasteiger partial charge in [-0.15, -0.1) is 0 Å². The summed E-state index contributed by atoms with van der Waals surface area (Å²) >= 11 is 1.54. The zero-order valence-electron chi connectivity index (χ0n) is 19.6. The van der Waals surface area contributed by atoms with Crippen LogP contribution < -0.4 is 5.32 Å². The molecule has 1 aliphatic carbocycles. The van der Waals surface area contributed by atoms with Crippen LogP contribution in [0.3, 0.4) is 0 Å². The number of hydrogen-bond acceptors (Lipinski definition) is 6. The highest BCUT2D eigenvalue weighted by atomic mass is 32.2. The van der Waals surface area contributed by atoms with Gasteiger partial charge in [0.25, 0.3) is 5.91 Å². The van der Waals surface area contributed by atoms with Gasteiger partial charge < -0.3 is 24.8 Å². The van der Waals surface area contributed by atoms with Crippen LogP contribution in [0.4, 0.5) is 4.79 Å². The third-order valence-electron chi connectivity index (χ3n) is 6.51. The lowest BCUT2D eigenvalue weighted by atomic mass is 9.98. The molecule has 1 fully saturated rings. The van der Waals surface area contributed by atoms with E-state index in [9.17, 15) is 19.5 Å². The number of amides is 2. The van der Waals surface area contributed by atoms with Gasteiger partial charge in [0.2, 0.25) is 0 Å². The number of carbonyl (C=O) groups excluding carboxylic acids is 2. The molecule has 1 saturated heterocycles. The smallest absolute Gasteiger partial charge is 0.407 e. The Bertz CT molecular complexity index is 1030. The van der Waals surface area contributed by atoms with Crippen LogP contribution in [0.1, 0.15) is 23.5 Å². The number of thioether (sulfide) groups is 1. The highest BCUT2D eigenvalue weighted by Gasteiger charge is 2.37. The largest absolute Gasteiger partial charge is 0.480 e. The van der Waals surface area contributed by atoms with Gasteiger partial charge in [-0.05, 0) is 34.9 Å². The number of ether oxygens (including phenoxy) is 2. The van der Waals surface area contributed by atoms with Crippen molar-refractivity contribution < 1.29 is 29.0 Å². The zero-order chi connectivity index (χ0) is 24.8. The summed E-state index contributed by atoms with van der Waals surface area (Å²) in [5, 5.41) is 11.9. The summed E-state index contributed by atoms with van der Waals surface area (Å²) in [5.41, 5.74) is 4.60. The molecule has 0 bridgehead atoms. The monoisotopic (exact) mass is 498 g/mol. The molecule has 4 rings (SSSR count). The molecular weight excluding hydrogens is 468 g/mol. The summed E-state index contributed by atoms with van der Waals surface area (Å²) in [5.74, 6) is -1.05. The standard InChI is InChI=1S/C26H30N2O6S/c1-35-13-11-28(15-23(29)30)25(31)24-17(10-12-33-24)14-27-26(32)34-16-22-20-8-4-2-6-18(20)19-7-3-5-9-21(19)22/h2-9,17,22,24H,10-16H2,1H3,(H,27,32)(H,29,30)/t17-,24-/m0/s1. The van der Waals surface area contributed by atoms with Gasteiger partial charge in [-0.2, -0.15) is 11.8 Å². The predicted octanol–water partition coefficient (Wildman–Crippen LogP) is 3.21. The van der Waals surface area contributed by atoms with Crippen molar-refractivity contribution in [1.29, 1.82) is 0 Å². The molecule has 0 spiro atoms. The fourth-order valence-electron chi connectivity index (χ4n) is 4.79. The van der Waals surface area contributed by atoms with Crippen LogP contribution in [-0.4, -0.2) is 78.9 Å². The van der Waals surface area contributed by atoms with Gasteiger partial charge in [-0.3, -0.25) is 9.59 Å². The SMILES string of the molecule is CSCCN(CC(=O)O)C(=O)[C@H]1OCC[C@H]1CNC(=O)OCC1c2ccccc2-c2ccccc21. The van der Waals surface area contributed by atoms with Crippen LogP contribution in [-0.2, 0) is 19.1 Å². The number of nitrogens with one attached hydrogen (secondary N) is 1. The van der Waals surface area contributed by atoms with E-state index in [2.05, 4.69) is 29.6 Å². The Kier molecular flexibility index (Phi) is 8.30. The van der Waals surface area contributed by atoms with E-state index in [1.807, 2.05) is 30.5 Å². The number of carboxylic acid groups (broad SMARTS) is 1. The minimum Gasteiger partial charge on any atom is -0.480 e. The Morgan fingerprint density at radius 2 is 1.77 bits per heavy atom. The average molecular weight is 499 g/mol. The molecule has 0 unspecified atom stereocenters. The molecule has 0 aromatic heterocycles. The van der Waals surface area contributed by atoms with Crippen molar-refractivity contribution in [3.8, 4) is 11.1 Å². The number of benzene rings is 2. The number of nitrogens with zero attached hydrogens (tertiary/aromatic N) is 1. The van der Waals surface area contributed by atoms with E-state index >= 15 is 0 Å². The highest BCUT2D eigenvalue weighted by molar-refractivity contribution is 7.98. The van der Waals surface area contributed by atoms with Crippen LogP contribution >= 0.6 is 11.8 Å². The molecule has 2 atom stereocenters. The lowest BCUT2D eigenvalue weighted by Crippen LogP contribution is -2.47. The Morgan fingerprint density at radius 3 is 2.40 bits per heavy atom. The second-order valence-corrected chi connectivity index (χ2v) is 9.68. The molecule has 8 nitrogen and oxygen atoms in total. The number of fused-ring (bicyclic) bond motifs is 3. The number of aliphatic carboxylic acids is 1. The lowest BCUT2D eigenvalue weighted by Gasteiger charge is -2.26. The molecule has 2 aliphatic rings. The number of carbonyl (C=O) groups is 3. The topological polar surface area (TPSA) is 105 Å². The predicted molar refractivity (Wildman–Crippen MR) is 134 cm³/mol.